The highest BCUT2D eigenvalue weighted by atomic mass is 32.2. The number of aromatic nitrogens is 1. The molecule has 2 saturated heterocycles. The minimum Gasteiger partial charge on any atom is -0.383 e. The van der Waals surface area contributed by atoms with E-state index in [0.29, 0.717) is 37.4 Å². The Kier molecular flexibility index (Phi) is 4.81. The number of aliphatic hydroxyl groups is 1. The maximum Gasteiger partial charge on any atom is 0.246 e. The molecule has 136 valence electrons. The van der Waals surface area contributed by atoms with Crippen LogP contribution in [0.1, 0.15) is 37.9 Å². The Bertz CT molecular complexity index is 667. The van der Waals surface area contributed by atoms with Crippen molar-refractivity contribution in [3.05, 3.63) is 29.6 Å². The zero-order valence-electron chi connectivity index (χ0n) is 14.9. The third kappa shape index (κ3) is 3.67. The SMILES string of the molecule is Cc1ccc(C2(O)CCN(C(=O)[C@H]3CSC(C)(C)C(=O)N3)CC2)nc1. The molecular weight excluding hydrogens is 338 g/mol. The van der Waals surface area contributed by atoms with Gasteiger partial charge in [0.2, 0.25) is 11.8 Å². The molecule has 3 heterocycles. The quantitative estimate of drug-likeness (QED) is 0.825. The van der Waals surface area contributed by atoms with Crippen molar-refractivity contribution in [2.75, 3.05) is 18.8 Å². The summed E-state index contributed by atoms with van der Waals surface area (Å²) in [6.45, 7) is 6.61. The van der Waals surface area contributed by atoms with Crippen LogP contribution in [0.4, 0.5) is 0 Å². The molecule has 0 radical (unpaired) electrons. The van der Waals surface area contributed by atoms with Crippen molar-refractivity contribution >= 4 is 23.6 Å². The molecule has 0 aromatic carbocycles. The van der Waals surface area contributed by atoms with Gasteiger partial charge in [-0.15, -0.1) is 11.8 Å². The Labute approximate surface area is 152 Å². The minimum atomic E-state index is -0.989. The van der Waals surface area contributed by atoms with Gasteiger partial charge in [0.05, 0.1) is 10.4 Å². The molecule has 2 fully saturated rings. The maximum absolute atomic E-state index is 12.7. The first-order valence-electron chi connectivity index (χ1n) is 8.60. The number of thioether (sulfide) groups is 1. The molecular formula is C18H25N3O3S. The summed E-state index contributed by atoms with van der Waals surface area (Å²) >= 11 is 1.51. The Morgan fingerprint density at radius 2 is 2.04 bits per heavy atom. The predicted octanol–water partition coefficient (Wildman–Crippen LogP) is 1.21. The summed E-state index contributed by atoms with van der Waals surface area (Å²) in [6.07, 6.45) is 2.66. The van der Waals surface area contributed by atoms with Gasteiger partial charge in [0, 0.05) is 25.0 Å². The summed E-state index contributed by atoms with van der Waals surface area (Å²) in [7, 11) is 0. The second-order valence-electron chi connectivity index (χ2n) is 7.43. The fourth-order valence-electron chi connectivity index (χ4n) is 3.18. The van der Waals surface area contributed by atoms with Gasteiger partial charge in [-0.05, 0) is 45.2 Å². The van der Waals surface area contributed by atoms with Gasteiger partial charge in [0.1, 0.15) is 11.6 Å². The first-order chi connectivity index (χ1) is 11.7. The maximum atomic E-state index is 12.7. The van der Waals surface area contributed by atoms with E-state index in [1.807, 2.05) is 32.9 Å². The van der Waals surface area contributed by atoms with Gasteiger partial charge in [-0.2, -0.15) is 0 Å². The standard InChI is InChI=1S/C18H25N3O3S/c1-12-4-5-14(19-10-12)18(24)6-8-21(9-7-18)15(22)13-11-25-17(2,3)16(23)20-13/h4-5,10,13,24H,6-9,11H2,1-3H3,(H,20,23)/t13-/m1/s1. The number of carbonyl (C=O) groups excluding carboxylic acids is 2. The third-order valence-electron chi connectivity index (χ3n) is 5.05. The van der Waals surface area contributed by atoms with Crippen molar-refractivity contribution in [2.45, 2.75) is 50.0 Å². The van der Waals surface area contributed by atoms with E-state index in [2.05, 4.69) is 10.3 Å². The lowest BCUT2D eigenvalue weighted by Crippen LogP contribution is -2.59. The normalized spacial score (nSPS) is 25.4. The molecule has 0 unspecified atom stereocenters. The lowest BCUT2D eigenvalue weighted by Gasteiger charge is -2.40. The largest absolute Gasteiger partial charge is 0.383 e. The number of nitrogens with zero attached hydrogens (tertiary/aromatic N) is 2. The van der Waals surface area contributed by atoms with Crippen LogP contribution in [0.25, 0.3) is 0 Å². The van der Waals surface area contributed by atoms with Crippen LogP contribution in [0.15, 0.2) is 18.3 Å². The van der Waals surface area contributed by atoms with Crippen molar-refractivity contribution in [1.82, 2.24) is 15.2 Å². The molecule has 0 aliphatic carbocycles. The highest BCUT2D eigenvalue weighted by molar-refractivity contribution is 8.01. The number of likely N-dealkylation sites (tertiary alicyclic amines) is 1. The number of rotatable bonds is 2. The second-order valence-corrected chi connectivity index (χ2v) is 9.07. The van der Waals surface area contributed by atoms with Gasteiger partial charge in [0.25, 0.3) is 0 Å². The third-order valence-corrected chi connectivity index (χ3v) is 6.46. The van der Waals surface area contributed by atoms with Crippen LogP contribution in [0, 0.1) is 6.92 Å². The van der Waals surface area contributed by atoms with Crippen molar-refractivity contribution in [1.29, 1.82) is 0 Å². The number of nitrogens with one attached hydrogen (secondary N) is 1. The van der Waals surface area contributed by atoms with Gasteiger partial charge < -0.3 is 15.3 Å². The monoisotopic (exact) mass is 363 g/mol. The predicted molar refractivity (Wildman–Crippen MR) is 97.2 cm³/mol. The average molecular weight is 363 g/mol. The number of amides is 2. The fraction of sp³-hybridized carbons (Fsp3) is 0.611. The molecule has 1 atom stereocenters. The van der Waals surface area contributed by atoms with Crippen molar-refractivity contribution < 1.29 is 14.7 Å². The van der Waals surface area contributed by atoms with E-state index < -0.39 is 16.4 Å². The zero-order valence-corrected chi connectivity index (χ0v) is 15.7. The molecule has 2 aliphatic rings. The van der Waals surface area contributed by atoms with E-state index in [1.165, 1.54) is 11.8 Å². The summed E-state index contributed by atoms with van der Waals surface area (Å²) in [6, 6.07) is 3.32. The van der Waals surface area contributed by atoms with E-state index in [4.69, 9.17) is 0 Å². The number of piperidine rings is 1. The first-order valence-corrected chi connectivity index (χ1v) is 9.59. The van der Waals surface area contributed by atoms with Gasteiger partial charge >= 0.3 is 0 Å². The van der Waals surface area contributed by atoms with E-state index in [9.17, 15) is 14.7 Å². The van der Waals surface area contributed by atoms with Crippen LogP contribution in [-0.2, 0) is 15.2 Å². The molecule has 1 aromatic heterocycles. The molecule has 7 heteroatoms. The Balaban J connectivity index is 1.61. The van der Waals surface area contributed by atoms with Crippen LogP contribution in [0.5, 0.6) is 0 Å². The van der Waals surface area contributed by atoms with Gasteiger partial charge in [-0.3, -0.25) is 14.6 Å². The second kappa shape index (κ2) is 6.61. The number of hydrogen-bond acceptors (Lipinski definition) is 5. The summed E-state index contributed by atoms with van der Waals surface area (Å²) < 4.78 is -0.490. The molecule has 0 bridgehead atoms. The van der Waals surface area contributed by atoms with E-state index in [-0.39, 0.29) is 11.8 Å². The average Bonchev–Trinajstić information content (AvgIpc) is 2.58. The van der Waals surface area contributed by atoms with Crippen molar-refractivity contribution in [2.24, 2.45) is 0 Å². The van der Waals surface area contributed by atoms with Crippen molar-refractivity contribution in [3.8, 4) is 0 Å². The van der Waals surface area contributed by atoms with Crippen LogP contribution >= 0.6 is 11.8 Å². The summed E-state index contributed by atoms with van der Waals surface area (Å²) in [5.74, 6) is 0.424. The Morgan fingerprint density at radius 3 is 2.60 bits per heavy atom. The minimum absolute atomic E-state index is 0.0599. The molecule has 3 rings (SSSR count). The van der Waals surface area contributed by atoms with Crippen molar-refractivity contribution in [3.63, 3.8) is 0 Å². The van der Waals surface area contributed by atoms with Crippen LogP contribution in [0.2, 0.25) is 0 Å². The van der Waals surface area contributed by atoms with Gasteiger partial charge in [-0.25, -0.2) is 0 Å². The van der Waals surface area contributed by atoms with E-state index >= 15 is 0 Å². The first kappa shape index (κ1) is 18.2. The van der Waals surface area contributed by atoms with Crippen LogP contribution in [-0.4, -0.2) is 56.4 Å². The molecule has 0 saturated carbocycles. The van der Waals surface area contributed by atoms with Crippen LogP contribution in [0.3, 0.4) is 0 Å². The topological polar surface area (TPSA) is 82.5 Å². The number of pyridine rings is 1. The van der Waals surface area contributed by atoms with Gasteiger partial charge in [0.15, 0.2) is 0 Å². The lowest BCUT2D eigenvalue weighted by atomic mass is 9.87. The Morgan fingerprint density at radius 1 is 1.36 bits per heavy atom. The summed E-state index contributed by atoms with van der Waals surface area (Å²) in [5.41, 5.74) is 0.721. The fourth-order valence-corrected chi connectivity index (χ4v) is 4.18. The Hall–Kier alpha value is -1.60. The number of hydrogen-bond donors (Lipinski definition) is 2. The molecule has 0 spiro atoms. The molecule has 2 aliphatic heterocycles. The van der Waals surface area contributed by atoms with Gasteiger partial charge in [-0.1, -0.05) is 6.07 Å². The van der Waals surface area contributed by atoms with E-state index in [1.54, 1.807) is 11.1 Å². The smallest absolute Gasteiger partial charge is 0.246 e. The number of aryl methyl sites for hydroxylation is 1. The highest BCUT2D eigenvalue weighted by Crippen LogP contribution is 2.33. The summed E-state index contributed by atoms with van der Waals surface area (Å²) in [4.78, 5) is 30.9. The zero-order chi connectivity index (χ0) is 18.2. The summed E-state index contributed by atoms with van der Waals surface area (Å²) in [5, 5.41) is 13.7. The van der Waals surface area contributed by atoms with Crippen LogP contribution < -0.4 is 5.32 Å². The molecule has 1 aromatic rings. The lowest BCUT2D eigenvalue weighted by molar-refractivity contribution is -0.140. The molecule has 25 heavy (non-hydrogen) atoms. The molecule has 6 nitrogen and oxygen atoms in total. The molecule has 2 N–H and O–H groups in total. The number of carbonyl (C=O) groups is 2. The molecule has 2 amide bonds. The van der Waals surface area contributed by atoms with E-state index in [0.717, 1.165) is 5.56 Å². The highest BCUT2D eigenvalue weighted by Gasteiger charge is 2.42.